The maximum Gasteiger partial charge on any atom is 0.272 e. The third-order valence-corrected chi connectivity index (χ3v) is 5.89. The van der Waals surface area contributed by atoms with E-state index in [9.17, 15) is 4.79 Å². The third-order valence-electron chi connectivity index (χ3n) is 5.89. The van der Waals surface area contributed by atoms with Crippen molar-refractivity contribution in [2.45, 2.75) is 71.3 Å². The molecule has 1 unspecified atom stereocenters. The summed E-state index contributed by atoms with van der Waals surface area (Å²) in [6.07, 6.45) is 8.49. The number of nitrogens with one attached hydrogen (secondary N) is 2. The van der Waals surface area contributed by atoms with Gasteiger partial charge >= 0.3 is 0 Å². The number of hydrogen-bond donors (Lipinski definition) is 2. The number of fused-ring (bicyclic) bond motifs is 1. The van der Waals surface area contributed by atoms with Gasteiger partial charge in [-0.15, -0.1) is 0 Å². The summed E-state index contributed by atoms with van der Waals surface area (Å²) in [5.74, 6) is 1.82. The monoisotopic (exact) mass is 382 g/mol. The van der Waals surface area contributed by atoms with E-state index in [2.05, 4.69) is 38.4 Å². The molecule has 1 atom stereocenters. The van der Waals surface area contributed by atoms with E-state index in [4.69, 9.17) is 4.98 Å². The molecular weight excluding hydrogens is 352 g/mol. The van der Waals surface area contributed by atoms with Crippen LogP contribution < -0.4 is 10.2 Å². The fraction of sp³-hybridized carbons (Fsp3) is 0.619. The van der Waals surface area contributed by atoms with Crippen molar-refractivity contribution in [3.63, 3.8) is 0 Å². The smallest absolute Gasteiger partial charge is 0.272 e. The molecule has 0 spiro atoms. The molecule has 0 bridgehead atoms. The highest BCUT2D eigenvalue weighted by atomic mass is 16.1. The van der Waals surface area contributed by atoms with Crippen LogP contribution in [0.5, 0.6) is 0 Å². The van der Waals surface area contributed by atoms with Crippen molar-refractivity contribution < 1.29 is 4.79 Å². The summed E-state index contributed by atoms with van der Waals surface area (Å²) in [6, 6.07) is 2.32. The molecule has 2 aliphatic rings. The van der Waals surface area contributed by atoms with Crippen LogP contribution in [0.3, 0.4) is 0 Å². The maximum atomic E-state index is 12.8. The minimum Gasteiger partial charge on any atom is -0.352 e. The lowest BCUT2D eigenvalue weighted by atomic mass is 10.1. The number of aromatic nitrogens is 4. The van der Waals surface area contributed by atoms with Crippen molar-refractivity contribution in [3.8, 4) is 0 Å². The number of carbonyl (C=O) groups excluding carboxylic acids is 1. The van der Waals surface area contributed by atoms with Crippen LogP contribution in [0.1, 0.15) is 72.3 Å². The molecule has 150 valence electrons. The van der Waals surface area contributed by atoms with Gasteiger partial charge in [-0.2, -0.15) is 5.10 Å². The Kier molecular flexibility index (Phi) is 5.59. The van der Waals surface area contributed by atoms with Crippen LogP contribution in [-0.4, -0.2) is 45.2 Å². The number of rotatable bonds is 5. The Bertz CT molecular complexity index is 845. The summed E-state index contributed by atoms with van der Waals surface area (Å²) in [6.45, 7) is 5.70. The van der Waals surface area contributed by atoms with E-state index >= 15 is 0 Å². The first-order valence-electron chi connectivity index (χ1n) is 10.6. The molecule has 3 heterocycles. The number of carbonyl (C=O) groups is 1. The predicted octanol–water partition coefficient (Wildman–Crippen LogP) is 2.74. The third kappa shape index (κ3) is 3.88. The number of amides is 1. The van der Waals surface area contributed by atoms with Crippen LogP contribution in [-0.2, 0) is 19.3 Å². The highest BCUT2D eigenvalue weighted by molar-refractivity contribution is 5.94. The van der Waals surface area contributed by atoms with Crippen molar-refractivity contribution in [1.82, 2.24) is 25.5 Å². The molecule has 1 aliphatic carbocycles. The lowest BCUT2D eigenvalue weighted by molar-refractivity contribution is 0.0944. The number of hydrogen-bond acceptors (Lipinski definition) is 5. The highest BCUT2D eigenvalue weighted by Crippen LogP contribution is 2.25. The van der Waals surface area contributed by atoms with Crippen molar-refractivity contribution >= 4 is 11.7 Å². The Hall–Kier alpha value is -2.44. The van der Waals surface area contributed by atoms with Gasteiger partial charge in [-0.1, -0.05) is 19.8 Å². The zero-order valence-electron chi connectivity index (χ0n) is 16.9. The number of nitrogens with zero attached hydrogens (tertiary/aromatic N) is 4. The van der Waals surface area contributed by atoms with Gasteiger partial charge in [0.25, 0.3) is 5.91 Å². The number of H-pyrrole nitrogens is 1. The standard InChI is InChI=1S/C21H30N6O/c1-3-18-23-14(2)12-19(24-18)27-11-6-4-5-8-15(27)13-22-21(28)20-16-9-7-10-17(16)25-26-20/h12,15H,3-11,13H2,1-2H3,(H,22,28)(H,25,26). The average Bonchev–Trinajstić information content (AvgIpc) is 3.23. The SMILES string of the molecule is CCc1nc(C)cc(N2CCCCCC2CNC(=O)c2n[nH]c3c2CCC3)n1. The largest absolute Gasteiger partial charge is 0.352 e. The Labute approximate surface area is 166 Å². The van der Waals surface area contributed by atoms with Crippen LogP contribution in [0.2, 0.25) is 0 Å². The molecule has 0 aromatic carbocycles. The zero-order chi connectivity index (χ0) is 19.5. The first-order chi connectivity index (χ1) is 13.7. The molecule has 0 radical (unpaired) electrons. The molecule has 0 saturated carbocycles. The number of aromatic amines is 1. The van der Waals surface area contributed by atoms with Crippen LogP contribution >= 0.6 is 0 Å². The summed E-state index contributed by atoms with van der Waals surface area (Å²) in [5.41, 5.74) is 3.82. The van der Waals surface area contributed by atoms with Gasteiger partial charge in [-0.05, 0) is 39.0 Å². The minimum atomic E-state index is -0.0586. The van der Waals surface area contributed by atoms with E-state index in [1.54, 1.807) is 0 Å². The van der Waals surface area contributed by atoms with E-state index in [1.807, 2.05) is 6.92 Å². The molecule has 2 aromatic heterocycles. The Balaban J connectivity index is 1.49. The molecule has 4 rings (SSSR count). The molecule has 1 amide bonds. The van der Waals surface area contributed by atoms with Gasteiger partial charge in [-0.25, -0.2) is 9.97 Å². The van der Waals surface area contributed by atoms with Gasteiger partial charge in [0.1, 0.15) is 11.6 Å². The maximum absolute atomic E-state index is 12.8. The van der Waals surface area contributed by atoms with Crippen LogP contribution in [0, 0.1) is 6.92 Å². The second kappa shape index (κ2) is 8.29. The van der Waals surface area contributed by atoms with Gasteiger partial charge in [0.2, 0.25) is 0 Å². The lowest BCUT2D eigenvalue weighted by Crippen LogP contribution is -2.44. The Morgan fingerprint density at radius 3 is 3.00 bits per heavy atom. The molecule has 2 N–H and O–H groups in total. The van der Waals surface area contributed by atoms with E-state index in [1.165, 1.54) is 12.8 Å². The summed E-state index contributed by atoms with van der Waals surface area (Å²) in [4.78, 5) is 24.4. The second-order valence-electron chi connectivity index (χ2n) is 7.93. The topological polar surface area (TPSA) is 86.8 Å². The molecule has 7 heteroatoms. The summed E-state index contributed by atoms with van der Waals surface area (Å²) in [7, 11) is 0. The van der Waals surface area contributed by atoms with Crippen LogP contribution in [0.25, 0.3) is 0 Å². The van der Waals surface area contributed by atoms with E-state index in [0.29, 0.717) is 12.2 Å². The van der Waals surface area contributed by atoms with Gasteiger partial charge in [0, 0.05) is 48.6 Å². The molecule has 1 aliphatic heterocycles. The van der Waals surface area contributed by atoms with E-state index < -0.39 is 0 Å². The summed E-state index contributed by atoms with van der Waals surface area (Å²) >= 11 is 0. The van der Waals surface area contributed by atoms with Gasteiger partial charge in [0.15, 0.2) is 5.69 Å². The Morgan fingerprint density at radius 1 is 1.25 bits per heavy atom. The first-order valence-corrected chi connectivity index (χ1v) is 10.6. The molecule has 1 saturated heterocycles. The fourth-order valence-electron chi connectivity index (χ4n) is 4.41. The number of aryl methyl sites for hydroxylation is 3. The zero-order valence-corrected chi connectivity index (χ0v) is 16.9. The van der Waals surface area contributed by atoms with Crippen LogP contribution in [0.15, 0.2) is 6.07 Å². The molecule has 7 nitrogen and oxygen atoms in total. The summed E-state index contributed by atoms with van der Waals surface area (Å²) in [5, 5.41) is 10.4. The quantitative estimate of drug-likeness (QED) is 0.830. The highest BCUT2D eigenvalue weighted by Gasteiger charge is 2.26. The molecule has 2 aromatic rings. The fourth-order valence-corrected chi connectivity index (χ4v) is 4.41. The first kappa shape index (κ1) is 18.9. The number of anilines is 1. The van der Waals surface area contributed by atoms with Crippen molar-refractivity contribution in [3.05, 3.63) is 34.5 Å². The van der Waals surface area contributed by atoms with E-state index in [-0.39, 0.29) is 11.9 Å². The van der Waals surface area contributed by atoms with E-state index in [0.717, 1.165) is 73.7 Å². The summed E-state index contributed by atoms with van der Waals surface area (Å²) < 4.78 is 0. The van der Waals surface area contributed by atoms with Gasteiger partial charge in [-0.3, -0.25) is 9.89 Å². The van der Waals surface area contributed by atoms with Crippen molar-refractivity contribution in [2.75, 3.05) is 18.0 Å². The van der Waals surface area contributed by atoms with Crippen LogP contribution in [0.4, 0.5) is 5.82 Å². The van der Waals surface area contributed by atoms with Crippen molar-refractivity contribution in [1.29, 1.82) is 0 Å². The molecule has 1 fully saturated rings. The average molecular weight is 383 g/mol. The minimum absolute atomic E-state index is 0.0586. The van der Waals surface area contributed by atoms with Crippen molar-refractivity contribution in [2.24, 2.45) is 0 Å². The second-order valence-corrected chi connectivity index (χ2v) is 7.93. The predicted molar refractivity (Wildman–Crippen MR) is 109 cm³/mol. The van der Waals surface area contributed by atoms with Gasteiger partial charge in [0.05, 0.1) is 0 Å². The van der Waals surface area contributed by atoms with Gasteiger partial charge < -0.3 is 10.2 Å². The normalized spacial score (nSPS) is 19.4. The molecular formula is C21H30N6O. The Morgan fingerprint density at radius 2 is 2.14 bits per heavy atom. The molecule has 28 heavy (non-hydrogen) atoms. The lowest BCUT2D eigenvalue weighted by Gasteiger charge is -2.31.